The lowest BCUT2D eigenvalue weighted by molar-refractivity contribution is -0.144. The van der Waals surface area contributed by atoms with Crippen molar-refractivity contribution in [3.63, 3.8) is 0 Å². The van der Waals surface area contributed by atoms with Gasteiger partial charge in [0, 0.05) is 19.0 Å². The number of methoxy groups -OCH3 is 1. The number of rotatable bonds is 5. The van der Waals surface area contributed by atoms with Crippen LogP contribution in [0.2, 0.25) is 0 Å². The van der Waals surface area contributed by atoms with Crippen molar-refractivity contribution < 1.29 is 17.9 Å². The first-order valence-electron chi connectivity index (χ1n) is 4.93. The second kappa shape index (κ2) is 5.81. The maximum absolute atomic E-state index is 11.8. The minimum Gasteiger partial charge on any atom is -0.468 e. The molecule has 1 saturated heterocycles. The highest BCUT2D eigenvalue weighted by molar-refractivity contribution is 7.87. The third-order valence-electron chi connectivity index (χ3n) is 2.36. The second-order valence-electron chi connectivity index (χ2n) is 3.38. The molecule has 0 aromatic carbocycles. The maximum Gasteiger partial charge on any atom is 0.324 e. The molecule has 0 aromatic heterocycles. The Morgan fingerprint density at radius 2 is 2.31 bits per heavy atom. The van der Waals surface area contributed by atoms with E-state index < -0.39 is 22.2 Å². The fourth-order valence-corrected chi connectivity index (χ4v) is 3.28. The van der Waals surface area contributed by atoms with Crippen LogP contribution in [0.15, 0.2) is 0 Å². The van der Waals surface area contributed by atoms with Gasteiger partial charge in [0.1, 0.15) is 6.04 Å². The zero-order valence-electron chi connectivity index (χ0n) is 8.98. The SMILES string of the molecule is COC(=O)C1CCCN1S(=O)(=O)NCCCl. The molecule has 1 atom stereocenters. The van der Waals surface area contributed by atoms with Crippen LogP contribution in [0, 0.1) is 0 Å². The molecule has 1 aliphatic rings. The van der Waals surface area contributed by atoms with Gasteiger partial charge in [-0.3, -0.25) is 4.79 Å². The predicted octanol–water partition coefficient (Wildman–Crippen LogP) is -0.303. The van der Waals surface area contributed by atoms with Crippen LogP contribution >= 0.6 is 11.6 Å². The molecule has 0 radical (unpaired) electrons. The molecule has 1 rings (SSSR count). The number of carbonyl (C=O) groups excluding carboxylic acids is 1. The van der Waals surface area contributed by atoms with Crippen LogP contribution in [0.4, 0.5) is 0 Å². The van der Waals surface area contributed by atoms with Gasteiger partial charge in [-0.05, 0) is 12.8 Å². The van der Waals surface area contributed by atoms with Crippen LogP contribution in [-0.2, 0) is 19.7 Å². The number of ether oxygens (including phenoxy) is 1. The minimum atomic E-state index is -3.63. The fraction of sp³-hybridized carbons (Fsp3) is 0.875. The molecule has 1 fully saturated rings. The Morgan fingerprint density at radius 1 is 1.62 bits per heavy atom. The average molecular weight is 271 g/mol. The molecule has 0 spiro atoms. The Balaban J connectivity index is 2.74. The van der Waals surface area contributed by atoms with Gasteiger partial charge in [-0.2, -0.15) is 12.7 Å². The van der Waals surface area contributed by atoms with Crippen molar-refractivity contribution >= 4 is 27.8 Å². The van der Waals surface area contributed by atoms with Gasteiger partial charge in [0.2, 0.25) is 0 Å². The molecule has 1 unspecified atom stereocenters. The third-order valence-corrected chi connectivity index (χ3v) is 4.18. The Hall–Kier alpha value is -0.370. The van der Waals surface area contributed by atoms with E-state index >= 15 is 0 Å². The second-order valence-corrected chi connectivity index (χ2v) is 5.47. The van der Waals surface area contributed by atoms with Crippen molar-refractivity contribution in [1.29, 1.82) is 0 Å². The number of esters is 1. The smallest absolute Gasteiger partial charge is 0.324 e. The molecule has 1 aliphatic heterocycles. The summed E-state index contributed by atoms with van der Waals surface area (Å²) < 4.78 is 31.6. The van der Waals surface area contributed by atoms with E-state index in [1.54, 1.807) is 0 Å². The van der Waals surface area contributed by atoms with E-state index in [-0.39, 0.29) is 12.4 Å². The Kier molecular flexibility index (Phi) is 4.97. The molecule has 0 bridgehead atoms. The highest BCUT2D eigenvalue weighted by atomic mass is 35.5. The summed E-state index contributed by atoms with van der Waals surface area (Å²) in [5, 5.41) is 0. The molecule has 0 aromatic rings. The lowest BCUT2D eigenvalue weighted by Crippen LogP contribution is -2.47. The number of nitrogens with zero attached hydrogens (tertiary/aromatic N) is 1. The van der Waals surface area contributed by atoms with Crippen molar-refractivity contribution in [2.24, 2.45) is 0 Å². The van der Waals surface area contributed by atoms with E-state index in [2.05, 4.69) is 9.46 Å². The normalized spacial score (nSPS) is 22.2. The summed E-state index contributed by atoms with van der Waals surface area (Å²) in [4.78, 5) is 11.4. The Morgan fingerprint density at radius 3 is 2.88 bits per heavy atom. The summed E-state index contributed by atoms with van der Waals surface area (Å²) in [5.41, 5.74) is 0. The Labute approximate surface area is 100 Å². The van der Waals surface area contributed by atoms with Gasteiger partial charge < -0.3 is 4.74 Å². The zero-order valence-corrected chi connectivity index (χ0v) is 10.6. The summed E-state index contributed by atoms with van der Waals surface area (Å²) in [5.74, 6) is -0.329. The van der Waals surface area contributed by atoms with E-state index in [4.69, 9.17) is 11.6 Å². The first-order chi connectivity index (χ1) is 7.53. The summed E-state index contributed by atoms with van der Waals surface area (Å²) in [7, 11) is -2.38. The summed E-state index contributed by atoms with van der Waals surface area (Å²) in [6.45, 7) is 0.478. The lowest BCUT2D eigenvalue weighted by Gasteiger charge is -2.21. The van der Waals surface area contributed by atoms with Gasteiger partial charge in [0.25, 0.3) is 10.2 Å². The maximum atomic E-state index is 11.8. The van der Waals surface area contributed by atoms with E-state index in [9.17, 15) is 13.2 Å². The van der Waals surface area contributed by atoms with E-state index in [0.29, 0.717) is 19.4 Å². The fourth-order valence-electron chi connectivity index (χ4n) is 1.65. The minimum absolute atomic E-state index is 0.147. The molecule has 1 N–H and O–H groups in total. The van der Waals surface area contributed by atoms with Crippen molar-refractivity contribution in [2.45, 2.75) is 18.9 Å². The van der Waals surface area contributed by atoms with Gasteiger partial charge in [-0.25, -0.2) is 4.72 Å². The van der Waals surface area contributed by atoms with Crippen LogP contribution < -0.4 is 4.72 Å². The molecule has 16 heavy (non-hydrogen) atoms. The van der Waals surface area contributed by atoms with E-state index in [0.717, 1.165) is 4.31 Å². The molecule has 1 heterocycles. The number of hydrogen-bond donors (Lipinski definition) is 1. The van der Waals surface area contributed by atoms with E-state index in [1.807, 2.05) is 0 Å². The Bertz CT molecular complexity index is 346. The van der Waals surface area contributed by atoms with Crippen molar-refractivity contribution in [3.05, 3.63) is 0 Å². The highest BCUT2D eigenvalue weighted by Crippen LogP contribution is 2.20. The predicted molar refractivity (Wildman–Crippen MR) is 59.4 cm³/mol. The van der Waals surface area contributed by atoms with Crippen molar-refractivity contribution in [2.75, 3.05) is 26.1 Å². The number of hydrogen-bond acceptors (Lipinski definition) is 4. The van der Waals surface area contributed by atoms with Crippen molar-refractivity contribution in [3.8, 4) is 0 Å². The van der Waals surface area contributed by atoms with Gasteiger partial charge >= 0.3 is 5.97 Å². The van der Waals surface area contributed by atoms with Gasteiger partial charge in [0.15, 0.2) is 0 Å². The summed E-state index contributed by atoms with van der Waals surface area (Å²) in [6, 6.07) is -0.710. The number of nitrogens with one attached hydrogen (secondary N) is 1. The zero-order chi connectivity index (χ0) is 12.2. The molecular formula is C8H15ClN2O4S. The first kappa shape index (κ1) is 13.7. The lowest BCUT2D eigenvalue weighted by atomic mass is 10.2. The molecule has 6 nitrogen and oxygen atoms in total. The molecular weight excluding hydrogens is 256 g/mol. The molecule has 0 saturated carbocycles. The quantitative estimate of drug-likeness (QED) is 0.550. The first-order valence-corrected chi connectivity index (χ1v) is 6.90. The topological polar surface area (TPSA) is 75.7 Å². The third kappa shape index (κ3) is 3.07. The van der Waals surface area contributed by atoms with Crippen LogP contribution in [-0.4, -0.2) is 50.8 Å². The van der Waals surface area contributed by atoms with Crippen LogP contribution in [0.5, 0.6) is 0 Å². The molecule has 0 amide bonds. The largest absolute Gasteiger partial charge is 0.468 e. The number of halogens is 1. The molecule has 94 valence electrons. The van der Waals surface area contributed by atoms with Crippen LogP contribution in [0.25, 0.3) is 0 Å². The summed E-state index contributed by atoms with van der Waals surface area (Å²) in [6.07, 6.45) is 1.15. The average Bonchev–Trinajstić information content (AvgIpc) is 2.75. The highest BCUT2D eigenvalue weighted by Gasteiger charge is 2.38. The van der Waals surface area contributed by atoms with E-state index in [1.165, 1.54) is 7.11 Å². The van der Waals surface area contributed by atoms with Crippen molar-refractivity contribution in [1.82, 2.24) is 9.03 Å². The molecule has 8 heteroatoms. The standard InChI is InChI=1S/C8H15ClN2O4S/c1-15-8(12)7-3-2-6-11(7)16(13,14)10-5-4-9/h7,10H,2-6H2,1H3. The number of carbonyl (C=O) groups is 1. The van der Waals surface area contributed by atoms with Crippen LogP contribution in [0.1, 0.15) is 12.8 Å². The van der Waals surface area contributed by atoms with Gasteiger partial charge in [0.05, 0.1) is 7.11 Å². The number of alkyl halides is 1. The van der Waals surface area contributed by atoms with Gasteiger partial charge in [-0.1, -0.05) is 0 Å². The summed E-state index contributed by atoms with van der Waals surface area (Å²) >= 11 is 5.40. The van der Waals surface area contributed by atoms with Crippen LogP contribution in [0.3, 0.4) is 0 Å². The van der Waals surface area contributed by atoms with Gasteiger partial charge in [-0.15, -0.1) is 11.6 Å². The molecule has 0 aliphatic carbocycles. The monoisotopic (exact) mass is 270 g/mol.